The van der Waals surface area contributed by atoms with Crippen LogP contribution in [0.4, 0.5) is 34.6 Å². The molecule has 1 aromatic heterocycles. The second-order valence-corrected chi connectivity index (χ2v) is 5.39. The van der Waals surface area contributed by atoms with Gasteiger partial charge in [-0.05, 0) is 36.4 Å². The summed E-state index contributed by atoms with van der Waals surface area (Å²) in [5.41, 5.74) is 4.12. The van der Waals surface area contributed by atoms with Crippen molar-refractivity contribution in [1.29, 1.82) is 0 Å². The Hall–Kier alpha value is -3.03. The summed E-state index contributed by atoms with van der Waals surface area (Å²) in [5.74, 6) is -0.426. The largest absolute Gasteiger partial charge is 0.420 e. The molecule has 2 N–H and O–H groups in total. The summed E-state index contributed by atoms with van der Waals surface area (Å²) in [6.45, 7) is 0. The molecule has 8 heteroatoms. The van der Waals surface area contributed by atoms with E-state index in [1.54, 1.807) is 11.9 Å². The molecule has 0 saturated heterocycles. The number of anilines is 3. The van der Waals surface area contributed by atoms with Crippen LogP contribution in [-0.2, 0) is 6.18 Å². The molecule has 0 unspecified atom stereocenters. The van der Waals surface area contributed by atoms with Crippen molar-refractivity contribution in [3.63, 3.8) is 0 Å². The van der Waals surface area contributed by atoms with E-state index in [0.717, 1.165) is 0 Å². The topological polar surface area (TPSA) is 59.5 Å². The number of benzene rings is 2. The summed E-state index contributed by atoms with van der Waals surface area (Å²) in [7, 11) is 1.61. The fraction of sp³-hybridized carbons (Fsp3) is 0.118. The Labute approximate surface area is 139 Å². The van der Waals surface area contributed by atoms with Crippen molar-refractivity contribution in [2.24, 2.45) is 0 Å². The number of fused-ring (bicyclic) bond motifs is 1. The Bertz CT molecular complexity index is 994. The lowest BCUT2D eigenvalue weighted by Gasteiger charge is -2.22. The molecule has 0 amide bonds. The zero-order chi connectivity index (χ0) is 18.4. The summed E-state index contributed by atoms with van der Waals surface area (Å²) in [6.07, 6.45) is -4.72. The molecular weight excluding hydrogens is 340 g/mol. The highest BCUT2D eigenvalue weighted by atomic mass is 19.4. The third-order valence-electron chi connectivity index (χ3n) is 3.81. The molecule has 0 atom stereocenters. The molecule has 0 aliphatic heterocycles. The molecule has 0 bridgehead atoms. The Kier molecular flexibility index (Phi) is 3.90. The molecular formula is C17H12F4N2O2. The van der Waals surface area contributed by atoms with Gasteiger partial charge in [0.2, 0.25) is 0 Å². The van der Waals surface area contributed by atoms with Crippen molar-refractivity contribution in [2.75, 3.05) is 17.7 Å². The maximum Gasteiger partial charge on any atom is 0.417 e. The number of alkyl halides is 3. The monoisotopic (exact) mass is 352 g/mol. The molecule has 25 heavy (non-hydrogen) atoms. The van der Waals surface area contributed by atoms with Gasteiger partial charge in [-0.15, -0.1) is 0 Å². The van der Waals surface area contributed by atoms with E-state index in [1.807, 2.05) is 0 Å². The van der Waals surface area contributed by atoms with Gasteiger partial charge in [0.1, 0.15) is 5.82 Å². The van der Waals surface area contributed by atoms with Gasteiger partial charge in [-0.3, -0.25) is 0 Å². The van der Waals surface area contributed by atoms with Crippen LogP contribution in [-0.4, -0.2) is 7.05 Å². The van der Waals surface area contributed by atoms with Crippen molar-refractivity contribution in [1.82, 2.24) is 0 Å². The molecule has 3 rings (SSSR count). The van der Waals surface area contributed by atoms with Gasteiger partial charge in [0.05, 0.1) is 16.9 Å². The fourth-order valence-corrected chi connectivity index (χ4v) is 2.57. The zero-order valence-electron chi connectivity index (χ0n) is 12.9. The number of nitrogens with two attached hydrogens (primary N) is 1. The van der Waals surface area contributed by atoms with Crippen molar-refractivity contribution < 1.29 is 22.0 Å². The maximum atomic E-state index is 13.1. The van der Waals surface area contributed by atoms with Gasteiger partial charge in [0.25, 0.3) is 0 Å². The number of halogens is 4. The SMILES string of the molecule is CN(c1ccc(F)cc1)c1ccc2c(C(F)(F)F)cc(=O)oc2c1N. The van der Waals surface area contributed by atoms with Crippen molar-refractivity contribution >= 4 is 28.0 Å². The summed E-state index contributed by atoms with van der Waals surface area (Å²) >= 11 is 0. The van der Waals surface area contributed by atoms with E-state index in [2.05, 4.69) is 0 Å². The van der Waals surface area contributed by atoms with Crippen LogP contribution in [0.3, 0.4) is 0 Å². The standard InChI is InChI=1S/C17H12F4N2O2/c1-23(10-4-2-9(18)3-5-10)13-7-6-11-12(17(19,20)21)8-14(24)25-16(11)15(13)22/h2-8H,22H2,1H3. The van der Waals surface area contributed by atoms with Crippen molar-refractivity contribution in [3.8, 4) is 0 Å². The van der Waals surface area contributed by atoms with E-state index >= 15 is 0 Å². The molecule has 0 aliphatic rings. The molecule has 1 heterocycles. The number of hydrogen-bond donors (Lipinski definition) is 1. The molecule has 0 radical (unpaired) electrons. The lowest BCUT2D eigenvalue weighted by Crippen LogP contribution is -2.14. The molecule has 0 saturated carbocycles. The first-order valence-electron chi connectivity index (χ1n) is 7.11. The fourth-order valence-electron chi connectivity index (χ4n) is 2.57. The Morgan fingerprint density at radius 2 is 1.72 bits per heavy atom. The first-order valence-corrected chi connectivity index (χ1v) is 7.11. The van der Waals surface area contributed by atoms with Crippen LogP contribution in [0, 0.1) is 5.82 Å². The smallest absolute Gasteiger partial charge is 0.417 e. The molecule has 130 valence electrons. The van der Waals surface area contributed by atoms with E-state index in [9.17, 15) is 22.4 Å². The van der Waals surface area contributed by atoms with Gasteiger partial charge >= 0.3 is 11.8 Å². The van der Waals surface area contributed by atoms with Gasteiger partial charge < -0.3 is 15.1 Å². The third kappa shape index (κ3) is 3.02. The van der Waals surface area contributed by atoms with Crippen LogP contribution in [0.1, 0.15) is 5.56 Å². The molecule has 4 nitrogen and oxygen atoms in total. The van der Waals surface area contributed by atoms with Crippen LogP contribution in [0.5, 0.6) is 0 Å². The third-order valence-corrected chi connectivity index (χ3v) is 3.81. The lowest BCUT2D eigenvalue weighted by molar-refractivity contribution is -0.136. The second kappa shape index (κ2) is 5.80. The number of rotatable bonds is 2. The Morgan fingerprint density at radius 3 is 2.32 bits per heavy atom. The normalized spacial score (nSPS) is 11.7. The van der Waals surface area contributed by atoms with E-state index in [4.69, 9.17) is 10.2 Å². The maximum absolute atomic E-state index is 13.1. The van der Waals surface area contributed by atoms with Crippen LogP contribution >= 0.6 is 0 Å². The van der Waals surface area contributed by atoms with Gasteiger partial charge in [-0.1, -0.05) is 0 Å². The van der Waals surface area contributed by atoms with Gasteiger partial charge in [-0.25, -0.2) is 9.18 Å². The summed E-state index contributed by atoms with van der Waals surface area (Å²) in [5, 5.41) is -0.305. The summed E-state index contributed by atoms with van der Waals surface area (Å²) in [6, 6.07) is 8.42. The molecule has 0 spiro atoms. The minimum absolute atomic E-state index is 0.118. The van der Waals surface area contributed by atoms with Crippen molar-refractivity contribution in [3.05, 3.63) is 64.3 Å². The number of hydrogen-bond acceptors (Lipinski definition) is 4. The predicted octanol–water partition coefficient (Wildman–Crippen LogP) is 4.30. The van der Waals surface area contributed by atoms with Gasteiger partial charge in [0, 0.05) is 24.2 Å². The first kappa shape index (κ1) is 16.8. The lowest BCUT2D eigenvalue weighted by atomic mass is 10.1. The quantitative estimate of drug-likeness (QED) is 0.424. The van der Waals surface area contributed by atoms with Gasteiger partial charge in [0.15, 0.2) is 5.58 Å². The zero-order valence-corrected chi connectivity index (χ0v) is 12.9. The number of nitrogens with zero attached hydrogens (tertiary/aromatic N) is 1. The van der Waals surface area contributed by atoms with E-state index < -0.39 is 23.2 Å². The predicted molar refractivity (Wildman–Crippen MR) is 86.4 cm³/mol. The van der Waals surface area contributed by atoms with Crippen LogP contribution in [0.2, 0.25) is 0 Å². The van der Waals surface area contributed by atoms with E-state index in [1.165, 1.54) is 36.4 Å². The van der Waals surface area contributed by atoms with E-state index in [-0.39, 0.29) is 16.7 Å². The minimum atomic E-state index is -4.72. The van der Waals surface area contributed by atoms with E-state index in [0.29, 0.717) is 17.4 Å². The van der Waals surface area contributed by atoms with Crippen molar-refractivity contribution in [2.45, 2.75) is 6.18 Å². The molecule has 3 aromatic rings. The van der Waals surface area contributed by atoms with Crippen LogP contribution < -0.4 is 16.3 Å². The van der Waals surface area contributed by atoms with Gasteiger partial charge in [-0.2, -0.15) is 13.2 Å². The average Bonchev–Trinajstić information content (AvgIpc) is 2.54. The second-order valence-electron chi connectivity index (χ2n) is 5.39. The Balaban J connectivity index is 2.21. The molecule has 2 aromatic carbocycles. The first-order chi connectivity index (χ1) is 11.7. The highest BCUT2D eigenvalue weighted by Crippen LogP contribution is 2.39. The average molecular weight is 352 g/mol. The van der Waals surface area contributed by atoms with Crippen LogP contribution in [0.15, 0.2) is 51.7 Å². The Morgan fingerprint density at radius 1 is 1.08 bits per heavy atom. The minimum Gasteiger partial charge on any atom is -0.420 e. The van der Waals surface area contributed by atoms with Crippen LogP contribution in [0.25, 0.3) is 11.0 Å². The summed E-state index contributed by atoms with van der Waals surface area (Å²) in [4.78, 5) is 13.1. The number of nitrogen functional groups attached to an aromatic ring is 1. The highest BCUT2D eigenvalue weighted by molar-refractivity contribution is 5.97. The highest BCUT2D eigenvalue weighted by Gasteiger charge is 2.34. The summed E-state index contributed by atoms with van der Waals surface area (Å²) < 4.78 is 57.3. The molecule has 0 aliphatic carbocycles. The molecule has 0 fully saturated rings.